The number of amides is 1. The first-order chi connectivity index (χ1) is 15.2. The van der Waals surface area contributed by atoms with Gasteiger partial charge in [0, 0.05) is 27.9 Å². The summed E-state index contributed by atoms with van der Waals surface area (Å²) in [5.74, 6) is 1.31. The topological polar surface area (TPSA) is 59.8 Å². The lowest BCUT2D eigenvalue weighted by molar-refractivity contribution is 0.0929. The molecule has 1 heterocycles. The molecule has 1 amide bonds. The van der Waals surface area contributed by atoms with Gasteiger partial charge in [-0.3, -0.25) is 4.79 Å². The number of benzene rings is 2. The Morgan fingerprint density at radius 1 is 1.03 bits per heavy atom. The third-order valence-corrected chi connectivity index (χ3v) is 6.94. The van der Waals surface area contributed by atoms with Gasteiger partial charge in [-0.2, -0.15) is 0 Å². The van der Waals surface area contributed by atoms with Crippen molar-refractivity contribution in [3.63, 3.8) is 0 Å². The lowest BCUT2D eigenvalue weighted by Crippen LogP contribution is -2.31. The summed E-state index contributed by atoms with van der Waals surface area (Å²) >= 11 is 25.9. The third kappa shape index (κ3) is 6.33. The molecule has 2 aromatic carbocycles. The average molecular weight is 532 g/mol. The molecule has 0 bridgehead atoms. The number of halogens is 4. The van der Waals surface area contributed by atoms with Gasteiger partial charge in [-0.1, -0.05) is 78.1 Å². The maximum atomic E-state index is 12.9. The minimum Gasteiger partial charge on any atom is -0.342 e. The number of rotatable bonds is 8. The smallest absolute Gasteiger partial charge is 0.253 e. The molecule has 0 saturated carbocycles. The molecule has 0 aliphatic rings. The second-order valence-corrected chi connectivity index (χ2v) is 10.3. The zero-order valence-electron chi connectivity index (χ0n) is 17.7. The molecule has 3 rings (SSSR count). The van der Waals surface area contributed by atoms with Crippen LogP contribution in [0, 0.1) is 5.92 Å². The zero-order chi connectivity index (χ0) is 23.4. The van der Waals surface area contributed by atoms with Crippen molar-refractivity contribution in [1.29, 1.82) is 0 Å². The number of hydrogen-bond acceptors (Lipinski definition) is 4. The molecule has 0 saturated heterocycles. The summed E-state index contributed by atoms with van der Waals surface area (Å²) in [5.41, 5.74) is 1.31. The van der Waals surface area contributed by atoms with E-state index in [4.69, 9.17) is 46.4 Å². The van der Waals surface area contributed by atoms with Crippen molar-refractivity contribution in [2.75, 3.05) is 0 Å². The van der Waals surface area contributed by atoms with E-state index in [1.807, 2.05) is 23.7 Å². The van der Waals surface area contributed by atoms with Gasteiger partial charge in [-0.05, 0) is 48.2 Å². The minimum atomic E-state index is -0.333. The summed E-state index contributed by atoms with van der Waals surface area (Å²) in [7, 11) is 1.88. The van der Waals surface area contributed by atoms with Gasteiger partial charge in [-0.15, -0.1) is 10.2 Å². The molecule has 1 aromatic heterocycles. The lowest BCUT2D eigenvalue weighted by atomic mass is 10.0. The summed E-state index contributed by atoms with van der Waals surface area (Å²) in [6.07, 6.45) is 0.691. The van der Waals surface area contributed by atoms with Crippen LogP contribution < -0.4 is 5.32 Å². The van der Waals surface area contributed by atoms with Gasteiger partial charge in [0.15, 0.2) is 11.0 Å². The average Bonchev–Trinajstić information content (AvgIpc) is 3.06. The first-order valence-corrected chi connectivity index (χ1v) is 12.4. The third-order valence-electron chi connectivity index (χ3n) is 4.74. The van der Waals surface area contributed by atoms with E-state index >= 15 is 0 Å². The van der Waals surface area contributed by atoms with Crippen LogP contribution in [0.1, 0.15) is 48.1 Å². The molecular weight excluding hydrogens is 510 g/mol. The number of aromatic nitrogens is 3. The highest BCUT2D eigenvalue weighted by atomic mass is 35.5. The van der Waals surface area contributed by atoms with Gasteiger partial charge < -0.3 is 9.88 Å². The Kier molecular flexibility index (Phi) is 8.75. The van der Waals surface area contributed by atoms with Crippen molar-refractivity contribution in [2.24, 2.45) is 13.0 Å². The van der Waals surface area contributed by atoms with Gasteiger partial charge in [0.05, 0.1) is 16.6 Å². The maximum Gasteiger partial charge on any atom is 0.253 e. The van der Waals surface area contributed by atoms with Gasteiger partial charge in [0.1, 0.15) is 0 Å². The quantitative estimate of drug-likeness (QED) is 0.311. The Hall–Kier alpha value is -1.44. The molecule has 0 aliphatic heterocycles. The predicted octanol–water partition coefficient (Wildman–Crippen LogP) is 7.24. The van der Waals surface area contributed by atoms with Gasteiger partial charge in [-0.25, -0.2) is 0 Å². The maximum absolute atomic E-state index is 12.9. The fraction of sp³-hybridized carbons (Fsp3) is 0.318. The minimum absolute atomic E-state index is 0.289. The van der Waals surface area contributed by atoms with E-state index in [1.165, 1.54) is 11.8 Å². The van der Waals surface area contributed by atoms with Crippen molar-refractivity contribution < 1.29 is 4.79 Å². The fourth-order valence-corrected chi connectivity index (χ4v) is 5.12. The number of thioether (sulfide) groups is 1. The first-order valence-electron chi connectivity index (χ1n) is 9.87. The van der Waals surface area contributed by atoms with Crippen molar-refractivity contribution in [1.82, 2.24) is 20.1 Å². The van der Waals surface area contributed by atoms with Crippen molar-refractivity contribution in [2.45, 2.75) is 37.2 Å². The molecular formula is C22H22Cl4N4OS. The number of nitrogens with zero attached hydrogens (tertiary/aromatic N) is 3. The van der Waals surface area contributed by atoms with E-state index in [9.17, 15) is 4.79 Å². The van der Waals surface area contributed by atoms with Crippen molar-refractivity contribution in [3.05, 3.63) is 73.4 Å². The van der Waals surface area contributed by atoms with Gasteiger partial charge in [0.2, 0.25) is 0 Å². The molecule has 10 heteroatoms. The summed E-state index contributed by atoms with van der Waals surface area (Å²) < 4.78 is 1.89. The molecule has 0 spiro atoms. The van der Waals surface area contributed by atoms with Crippen LogP contribution in [-0.4, -0.2) is 20.7 Å². The molecule has 1 N–H and O–H groups in total. The summed E-state index contributed by atoms with van der Waals surface area (Å²) in [6, 6.07) is 9.89. The molecule has 170 valence electrons. The second-order valence-electron chi connectivity index (χ2n) is 7.70. The van der Waals surface area contributed by atoms with Crippen LogP contribution in [0.4, 0.5) is 0 Å². The highest BCUT2D eigenvalue weighted by molar-refractivity contribution is 7.98. The Balaban J connectivity index is 1.79. The van der Waals surface area contributed by atoms with Gasteiger partial charge >= 0.3 is 0 Å². The van der Waals surface area contributed by atoms with Crippen LogP contribution in [0.3, 0.4) is 0 Å². The Morgan fingerprint density at radius 3 is 2.31 bits per heavy atom. The molecule has 0 fully saturated rings. The molecule has 1 atom stereocenters. The standard InChI is InChI=1S/C22H22Cl4N4OS/c1-12(2)8-19(27-21(31)16-7-6-15(24)10-18(16)26)20-28-29-22(30(20)3)32-11-13-4-5-14(23)9-17(13)25/h4-7,9-10,12,19H,8,11H2,1-3H3,(H,27,31)/t19-/m1/s1. The highest BCUT2D eigenvalue weighted by Gasteiger charge is 2.24. The second kappa shape index (κ2) is 11.1. The number of hydrogen-bond donors (Lipinski definition) is 1. The van der Waals surface area contributed by atoms with Crippen LogP contribution in [0.15, 0.2) is 41.6 Å². The summed E-state index contributed by atoms with van der Waals surface area (Å²) in [6.45, 7) is 4.17. The lowest BCUT2D eigenvalue weighted by Gasteiger charge is -2.20. The summed E-state index contributed by atoms with van der Waals surface area (Å²) in [4.78, 5) is 12.9. The zero-order valence-corrected chi connectivity index (χ0v) is 21.5. The molecule has 5 nitrogen and oxygen atoms in total. The van der Waals surface area contributed by atoms with Crippen LogP contribution in [-0.2, 0) is 12.8 Å². The highest BCUT2D eigenvalue weighted by Crippen LogP contribution is 2.30. The van der Waals surface area contributed by atoms with Crippen LogP contribution in [0.5, 0.6) is 0 Å². The van der Waals surface area contributed by atoms with E-state index < -0.39 is 0 Å². The number of nitrogens with one attached hydrogen (secondary N) is 1. The Labute approximate surface area is 211 Å². The first kappa shape index (κ1) is 25.2. The number of carbonyl (C=O) groups is 1. The van der Waals surface area contributed by atoms with Crippen LogP contribution >= 0.6 is 58.2 Å². The van der Waals surface area contributed by atoms with Crippen LogP contribution in [0.25, 0.3) is 0 Å². The Morgan fingerprint density at radius 2 is 1.69 bits per heavy atom. The largest absolute Gasteiger partial charge is 0.342 e. The Bertz CT molecular complexity index is 1120. The van der Waals surface area contributed by atoms with E-state index in [2.05, 4.69) is 29.4 Å². The summed E-state index contributed by atoms with van der Waals surface area (Å²) in [5, 5.41) is 14.4. The van der Waals surface area contributed by atoms with Crippen LogP contribution in [0.2, 0.25) is 20.1 Å². The monoisotopic (exact) mass is 530 g/mol. The molecule has 0 aliphatic carbocycles. The molecule has 0 radical (unpaired) electrons. The van der Waals surface area contributed by atoms with E-state index in [0.29, 0.717) is 49.6 Å². The SMILES string of the molecule is CC(C)C[C@@H](NC(=O)c1ccc(Cl)cc1Cl)c1nnc(SCc2ccc(Cl)cc2Cl)n1C. The molecule has 32 heavy (non-hydrogen) atoms. The van der Waals surface area contributed by atoms with Crippen molar-refractivity contribution in [3.8, 4) is 0 Å². The predicted molar refractivity (Wildman–Crippen MR) is 133 cm³/mol. The molecule has 3 aromatic rings. The van der Waals surface area contributed by atoms with E-state index in [1.54, 1.807) is 24.3 Å². The van der Waals surface area contributed by atoms with Gasteiger partial charge in [0.25, 0.3) is 5.91 Å². The number of carbonyl (C=O) groups excluding carboxylic acids is 1. The van der Waals surface area contributed by atoms with E-state index in [-0.39, 0.29) is 11.9 Å². The fourth-order valence-electron chi connectivity index (χ4n) is 3.15. The molecule has 0 unspecified atom stereocenters. The van der Waals surface area contributed by atoms with Crippen molar-refractivity contribution >= 4 is 64.1 Å². The van der Waals surface area contributed by atoms with E-state index in [0.717, 1.165) is 10.7 Å². The normalized spacial score (nSPS) is 12.2.